The Kier molecular flexibility index (Phi) is 5.76. The van der Waals surface area contributed by atoms with Crippen molar-refractivity contribution < 1.29 is 4.74 Å². The van der Waals surface area contributed by atoms with Crippen LogP contribution < -0.4 is 10.2 Å². The van der Waals surface area contributed by atoms with Gasteiger partial charge < -0.3 is 15.0 Å². The van der Waals surface area contributed by atoms with E-state index in [-0.39, 0.29) is 0 Å². The first-order valence-corrected chi connectivity index (χ1v) is 8.34. The van der Waals surface area contributed by atoms with E-state index < -0.39 is 0 Å². The summed E-state index contributed by atoms with van der Waals surface area (Å²) in [4.78, 5) is 13.8. The number of ether oxygens (including phenoxy) is 1. The Morgan fingerprint density at radius 3 is 2.76 bits per heavy atom. The Labute approximate surface area is 130 Å². The number of rotatable bonds is 8. The summed E-state index contributed by atoms with van der Waals surface area (Å²) in [5.74, 6) is 1.68. The molecule has 0 aliphatic heterocycles. The Morgan fingerprint density at radius 1 is 1.29 bits per heavy atom. The van der Waals surface area contributed by atoms with E-state index >= 15 is 0 Å². The molecule has 0 amide bonds. The lowest BCUT2D eigenvalue weighted by atomic mass is 10.3. The third kappa shape index (κ3) is 3.83. The summed E-state index contributed by atoms with van der Waals surface area (Å²) in [5, 5.41) is 4.35. The van der Waals surface area contributed by atoms with Crippen LogP contribution in [0.3, 0.4) is 0 Å². The van der Waals surface area contributed by atoms with E-state index in [4.69, 9.17) is 4.74 Å². The lowest BCUT2D eigenvalue weighted by Gasteiger charge is -2.19. The maximum Gasteiger partial charge on any atom is 0.226 e. The Hall–Kier alpha value is -1.40. The summed E-state index contributed by atoms with van der Waals surface area (Å²) < 4.78 is 5.44. The van der Waals surface area contributed by atoms with Crippen molar-refractivity contribution in [3.05, 3.63) is 10.9 Å². The zero-order valence-corrected chi connectivity index (χ0v) is 14.1. The number of hydrogen-bond donors (Lipinski definition) is 1. The molecule has 116 valence electrons. The molecular formula is C15H24N4OS. The molecule has 2 aromatic rings. The van der Waals surface area contributed by atoms with E-state index in [0.717, 1.165) is 42.2 Å². The molecule has 0 saturated carbocycles. The number of likely N-dealkylation sites (N-methyl/N-ethyl adjacent to an activating group) is 1. The SMILES string of the molecule is CCNc1nc(N(C)CCOCC)c2cc(CC)sc2n1. The van der Waals surface area contributed by atoms with Crippen molar-refractivity contribution in [3.8, 4) is 0 Å². The van der Waals surface area contributed by atoms with E-state index in [2.05, 4.69) is 47.1 Å². The number of nitrogens with zero attached hydrogens (tertiary/aromatic N) is 3. The minimum atomic E-state index is 0.702. The van der Waals surface area contributed by atoms with Gasteiger partial charge in [0.15, 0.2) is 0 Å². The van der Waals surface area contributed by atoms with Gasteiger partial charge in [-0.25, -0.2) is 4.98 Å². The minimum absolute atomic E-state index is 0.702. The first kappa shape index (κ1) is 16.0. The van der Waals surface area contributed by atoms with Gasteiger partial charge in [0.25, 0.3) is 0 Å². The van der Waals surface area contributed by atoms with Gasteiger partial charge in [0.1, 0.15) is 10.6 Å². The van der Waals surface area contributed by atoms with Gasteiger partial charge in [-0.05, 0) is 26.3 Å². The molecule has 0 aliphatic carbocycles. The van der Waals surface area contributed by atoms with Crippen molar-refractivity contribution in [2.45, 2.75) is 27.2 Å². The fourth-order valence-corrected chi connectivity index (χ4v) is 3.07. The Morgan fingerprint density at radius 2 is 2.10 bits per heavy atom. The summed E-state index contributed by atoms with van der Waals surface area (Å²) in [6, 6.07) is 2.21. The van der Waals surface area contributed by atoms with Crippen LogP contribution in [0.15, 0.2) is 6.07 Å². The topological polar surface area (TPSA) is 50.3 Å². The number of aryl methyl sites for hydroxylation is 1. The molecule has 0 aliphatic rings. The summed E-state index contributed by atoms with van der Waals surface area (Å²) in [6.07, 6.45) is 1.03. The van der Waals surface area contributed by atoms with Crippen molar-refractivity contribution >= 4 is 33.3 Å². The van der Waals surface area contributed by atoms with Crippen molar-refractivity contribution in [1.82, 2.24) is 9.97 Å². The highest BCUT2D eigenvalue weighted by Gasteiger charge is 2.14. The quantitative estimate of drug-likeness (QED) is 0.759. The van der Waals surface area contributed by atoms with Crippen molar-refractivity contribution in [1.29, 1.82) is 0 Å². The fourth-order valence-electron chi connectivity index (χ4n) is 2.11. The van der Waals surface area contributed by atoms with Crippen LogP contribution in [0.5, 0.6) is 0 Å². The largest absolute Gasteiger partial charge is 0.380 e. The Balaban J connectivity index is 2.35. The van der Waals surface area contributed by atoms with Crippen molar-refractivity contribution in [2.75, 3.05) is 43.6 Å². The van der Waals surface area contributed by atoms with Gasteiger partial charge in [0.2, 0.25) is 5.95 Å². The normalized spacial score (nSPS) is 11.0. The zero-order valence-electron chi connectivity index (χ0n) is 13.3. The second-order valence-corrected chi connectivity index (χ2v) is 5.92. The molecule has 2 aromatic heterocycles. The third-order valence-electron chi connectivity index (χ3n) is 3.24. The first-order valence-electron chi connectivity index (χ1n) is 7.52. The van der Waals surface area contributed by atoms with Gasteiger partial charge in [0, 0.05) is 31.6 Å². The number of fused-ring (bicyclic) bond motifs is 1. The number of thiophene rings is 1. The van der Waals surface area contributed by atoms with Gasteiger partial charge in [0.05, 0.1) is 12.0 Å². The molecular weight excluding hydrogens is 284 g/mol. The molecule has 2 rings (SSSR count). The van der Waals surface area contributed by atoms with Crippen LogP contribution in [0.2, 0.25) is 0 Å². The molecule has 0 fully saturated rings. The van der Waals surface area contributed by atoms with Crippen LogP contribution in [0, 0.1) is 0 Å². The van der Waals surface area contributed by atoms with Gasteiger partial charge in [-0.2, -0.15) is 4.98 Å². The molecule has 5 nitrogen and oxygen atoms in total. The number of hydrogen-bond acceptors (Lipinski definition) is 6. The van der Waals surface area contributed by atoms with Gasteiger partial charge in [-0.3, -0.25) is 0 Å². The summed E-state index contributed by atoms with van der Waals surface area (Å²) in [5.41, 5.74) is 0. The second-order valence-electron chi connectivity index (χ2n) is 4.80. The highest BCUT2D eigenvalue weighted by Crippen LogP contribution is 2.31. The first-order chi connectivity index (χ1) is 10.2. The number of aromatic nitrogens is 2. The predicted molar refractivity (Wildman–Crippen MR) is 90.7 cm³/mol. The fraction of sp³-hybridized carbons (Fsp3) is 0.600. The molecule has 6 heteroatoms. The van der Waals surface area contributed by atoms with Crippen molar-refractivity contribution in [3.63, 3.8) is 0 Å². The lowest BCUT2D eigenvalue weighted by molar-refractivity contribution is 0.154. The summed E-state index contributed by atoms with van der Waals surface area (Å²) >= 11 is 1.75. The smallest absolute Gasteiger partial charge is 0.226 e. The predicted octanol–water partition coefficient (Wildman–Crippen LogP) is 3.16. The maximum absolute atomic E-state index is 5.44. The molecule has 2 heterocycles. The van der Waals surface area contributed by atoms with E-state index in [1.54, 1.807) is 11.3 Å². The molecule has 0 radical (unpaired) electrons. The van der Waals surface area contributed by atoms with Gasteiger partial charge in [-0.1, -0.05) is 6.92 Å². The summed E-state index contributed by atoms with van der Waals surface area (Å²) in [6.45, 7) is 9.33. The molecule has 0 spiro atoms. The van der Waals surface area contributed by atoms with Gasteiger partial charge >= 0.3 is 0 Å². The van der Waals surface area contributed by atoms with Crippen LogP contribution in [0.1, 0.15) is 25.6 Å². The van der Waals surface area contributed by atoms with Crippen LogP contribution >= 0.6 is 11.3 Å². The van der Waals surface area contributed by atoms with E-state index in [1.165, 1.54) is 4.88 Å². The lowest BCUT2D eigenvalue weighted by Crippen LogP contribution is -2.24. The number of anilines is 2. The minimum Gasteiger partial charge on any atom is -0.380 e. The van der Waals surface area contributed by atoms with E-state index in [0.29, 0.717) is 12.6 Å². The van der Waals surface area contributed by atoms with E-state index in [9.17, 15) is 0 Å². The second kappa shape index (κ2) is 7.56. The highest BCUT2D eigenvalue weighted by atomic mass is 32.1. The Bertz CT molecular complexity index is 584. The summed E-state index contributed by atoms with van der Waals surface area (Å²) in [7, 11) is 2.06. The van der Waals surface area contributed by atoms with Crippen LogP contribution in [0.4, 0.5) is 11.8 Å². The number of nitrogens with one attached hydrogen (secondary N) is 1. The maximum atomic E-state index is 5.44. The molecule has 0 bridgehead atoms. The van der Waals surface area contributed by atoms with E-state index in [1.807, 2.05) is 6.92 Å². The molecule has 0 aromatic carbocycles. The molecule has 0 atom stereocenters. The standard InChI is InChI=1S/C15H24N4OS/c1-5-11-10-12-13(19(4)8-9-20-7-3)17-15(16-6-2)18-14(12)21-11/h10H,5-9H2,1-4H3,(H,16,17,18). The van der Waals surface area contributed by atoms with Crippen molar-refractivity contribution in [2.24, 2.45) is 0 Å². The molecule has 0 saturated heterocycles. The third-order valence-corrected chi connectivity index (χ3v) is 4.42. The van der Waals surface area contributed by atoms with Gasteiger partial charge in [-0.15, -0.1) is 11.3 Å². The van der Waals surface area contributed by atoms with Crippen LogP contribution in [-0.2, 0) is 11.2 Å². The molecule has 1 N–H and O–H groups in total. The average molecular weight is 308 g/mol. The molecule has 0 unspecified atom stereocenters. The highest BCUT2D eigenvalue weighted by molar-refractivity contribution is 7.18. The average Bonchev–Trinajstić information content (AvgIpc) is 2.90. The van der Waals surface area contributed by atoms with Crippen LogP contribution in [-0.4, -0.2) is 43.3 Å². The zero-order chi connectivity index (χ0) is 15.2. The molecule has 21 heavy (non-hydrogen) atoms. The van der Waals surface area contributed by atoms with Crippen LogP contribution in [0.25, 0.3) is 10.2 Å². The monoisotopic (exact) mass is 308 g/mol.